The quantitative estimate of drug-likeness (QED) is 0.551. The highest BCUT2D eigenvalue weighted by Crippen LogP contribution is 2.21. The lowest BCUT2D eigenvalue weighted by Gasteiger charge is -2.16. The first kappa shape index (κ1) is 20.9. The zero-order chi connectivity index (χ0) is 20.5. The van der Waals surface area contributed by atoms with Crippen LogP contribution >= 0.6 is 0 Å². The molecule has 0 radical (unpaired) electrons. The minimum atomic E-state index is -0.555. The first-order valence-electron chi connectivity index (χ1n) is 10.4. The van der Waals surface area contributed by atoms with Crippen LogP contribution in [-0.4, -0.2) is 24.5 Å². The van der Waals surface area contributed by atoms with Crippen LogP contribution in [0.25, 0.3) is 0 Å². The van der Waals surface area contributed by atoms with Crippen molar-refractivity contribution in [2.45, 2.75) is 58.1 Å². The third-order valence-electron chi connectivity index (χ3n) is 5.14. The molecule has 1 N–H and O–H groups in total. The van der Waals surface area contributed by atoms with Crippen molar-refractivity contribution in [1.82, 2.24) is 5.32 Å². The summed E-state index contributed by atoms with van der Waals surface area (Å²) in [5.74, 6) is -0.354. The lowest BCUT2D eigenvalue weighted by atomic mass is 10.1. The number of nitrogens with one attached hydrogen (secondary N) is 1. The average Bonchev–Trinajstić information content (AvgIpc) is 2.99. The zero-order valence-corrected chi connectivity index (χ0v) is 17.0. The van der Waals surface area contributed by atoms with E-state index in [0.717, 1.165) is 36.8 Å². The molecular weight excluding hydrogens is 366 g/mol. The fourth-order valence-corrected chi connectivity index (χ4v) is 3.63. The summed E-state index contributed by atoms with van der Waals surface area (Å²) in [5.41, 5.74) is 2.50. The Labute approximate surface area is 172 Å². The molecule has 2 aromatic rings. The number of hydrogen-bond donors (Lipinski definition) is 1. The van der Waals surface area contributed by atoms with E-state index in [-0.39, 0.29) is 18.6 Å². The molecule has 0 unspecified atom stereocenters. The predicted octanol–water partition coefficient (Wildman–Crippen LogP) is 4.57. The maximum absolute atomic E-state index is 12.5. The molecule has 1 aliphatic rings. The van der Waals surface area contributed by atoms with Gasteiger partial charge in [-0.25, -0.2) is 4.79 Å². The summed E-state index contributed by atoms with van der Waals surface area (Å²) in [4.78, 5) is 24.7. The van der Waals surface area contributed by atoms with E-state index in [2.05, 4.69) is 5.32 Å². The Hall–Kier alpha value is -2.82. The minimum Gasteiger partial charge on any atom is -0.488 e. The van der Waals surface area contributed by atoms with Gasteiger partial charge in [-0.15, -0.1) is 0 Å². The highest BCUT2D eigenvalue weighted by atomic mass is 16.5. The SMILES string of the molecule is Cc1cccc(COc2ccccc2C(=O)OCC(=O)NC2CCCCCC2)c1. The average molecular weight is 395 g/mol. The highest BCUT2D eigenvalue weighted by molar-refractivity contribution is 5.94. The Kier molecular flexibility index (Phi) is 7.68. The number of benzene rings is 2. The van der Waals surface area contributed by atoms with Gasteiger partial charge in [0.25, 0.3) is 5.91 Å². The number of ether oxygens (including phenoxy) is 2. The Morgan fingerprint density at radius 3 is 2.52 bits per heavy atom. The van der Waals surface area contributed by atoms with E-state index < -0.39 is 5.97 Å². The molecule has 1 aliphatic carbocycles. The van der Waals surface area contributed by atoms with E-state index in [0.29, 0.717) is 17.9 Å². The lowest BCUT2D eigenvalue weighted by Crippen LogP contribution is -2.37. The van der Waals surface area contributed by atoms with Crippen molar-refractivity contribution in [2.24, 2.45) is 0 Å². The fourth-order valence-electron chi connectivity index (χ4n) is 3.63. The maximum atomic E-state index is 12.5. The molecule has 3 rings (SSSR count). The first-order chi connectivity index (χ1) is 14.1. The van der Waals surface area contributed by atoms with Gasteiger partial charge in [-0.1, -0.05) is 67.6 Å². The zero-order valence-electron chi connectivity index (χ0n) is 17.0. The molecule has 0 bridgehead atoms. The standard InChI is InChI=1S/C24H29NO4/c1-18-9-8-10-19(15-18)16-28-22-14-7-6-13-21(22)24(27)29-17-23(26)25-20-11-4-2-3-5-12-20/h6-10,13-15,20H,2-5,11-12,16-17H2,1H3,(H,25,26). The number of esters is 1. The second-order valence-corrected chi connectivity index (χ2v) is 7.61. The van der Waals surface area contributed by atoms with E-state index in [1.165, 1.54) is 12.8 Å². The van der Waals surface area contributed by atoms with Crippen molar-refractivity contribution < 1.29 is 19.1 Å². The molecule has 0 spiro atoms. The van der Waals surface area contributed by atoms with Crippen LogP contribution in [0.3, 0.4) is 0 Å². The number of carbonyl (C=O) groups excluding carboxylic acids is 2. The Bertz CT molecular complexity index is 825. The van der Waals surface area contributed by atoms with E-state index in [9.17, 15) is 9.59 Å². The molecule has 0 aromatic heterocycles. The fraction of sp³-hybridized carbons (Fsp3) is 0.417. The van der Waals surface area contributed by atoms with Crippen LogP contribution in [-0.2, 0) is 16.1 Å². The van der Waals surface area contributed by atoms with Gasteiger partial charge in [0.05, 0.1) is 0 Å². The maximum Gasteiger partial charge on any atom is 0.342 e. The largest absolute Gasteiger partial charge is 0.488 e. The Morgan fingerprint density at radius 2 is 1.76 bits per heavy atom. The van der Waals surface area contributed by atoms with E-state index >= 15 is 0 Å². The van der Waals surface area contributed by atoms with Crippen LogP contribution in [0.5, 0.6) is 5.75 Å². The minimum absolute atomic E-state index is 0.189. The lowest BCUT2D eigenvalue weighted by molar-refractivity contribution is -0.125. The van der Waals surface area contributed by atoms with Gasteiger partial charge in [0, 0.05) is 6.04 Å². The molecule has 1 amide bonds. The van der Waals surface area contributed by atoms with Gasteiger partial charge < -0.3 is 14.8 Å². The molecule has 0 saturated heterocycles. The topological polar surface area (TPSA) is 64.6 Å². The Balaban J connectivity index is 1.53. The highest BCUT2D eigenvalue weighted by Gasteiger charge is 2.18. The molecule has 1 fully saturated rings. The third kappa shape index (κ3) is 6.63. The van der Waals surface area contributed by atoms with Crippen molar-refractivity contribution in [3.05, 3.63) is 65.2 Å². The first-order valence-corrected chi connectivity index (χ1v) is 10.4. The van der Waals surface area contributed by atoms with Crippen molar-refractivity contribution in [2.75, 3.05) is 6.61 Å². The van der Waals surface area contributed by atoms with Gasteiger partial charge in [0.15, 0.2) is 6.61 Å². The van der Waals surface area contributed by atoms with E-state index in [4.69, 9.17) is 9.47 Å². The van der Waals surface area contributed by atoms with Crippen LogP contribution in [0.1, 0.15) is 60.0 Å². The van der Waals surface area contributed by atoms with E-state index in [1.807, 2.05) is 31.2 Å². The monoisotopic (exact) mass is 395 g/mol. The van der Waals surface area contributed by atoms with Gasteiger partial charge >= 0.3 is 5.97 Å². The molecular formula is C24H29NO4. The molecule has 0 atom stereocenters. The molecule has 1 saturated carbocycles. The summed E-state index contributed by atoms with van der Waals surface area (Å²) >= 11 is 0. The molecule has 154 valence electrons. The van der Waals surface area contributed by atoms with Crippen molar-refractivity contribution in [3.8, 4) is 5.75 Å². The summed E-state index contributed by atoms with van der Waals surface area (Å²) in [6, 6.07) is 15.1. The van der Waals surface area contributed by atoms with Gasteiger partial charge in [0.1, 0.15) is 17.9 Å². The number of rotatable bonds is 7. The second-order valence-electron chi connectivity index (χ2n) is 7.61. The summed E-state index contributed by atoms with van der Waals surface area (Å²) in [6.07, 6.45) is 6.71. The molecule has 29 heavy (non-hydrogen) atoms. The molecule has 5 heteroatoms. The number of aryl methyl sites for hydroxylation is 1. The summed E-state index contributed by atoms with van der Waals surface area (Å²) in [7, 11) is 0. The Morgan fingerprint density at radius 1 is 1.00 bits per heavy atom. The van der Waals surface area contributed by atoms with Crippen LogP contribution in [0.2, 0.25) is 0 Å². The normalized spacial score (nSPS) is 14.7. The van der Waals surface area contributed by atoms with Gasteiger partial charge in [-0.2, -0.15) is 0 Å². The van der Waals surface area contributed by atoms with Crippen LogP contribution in [0.15, 0.2) is 48.5 Å². The van der Waals surface area contributed by atoms with Gasteiger partial charge in [-0.3, -0.25) is 4.79 Å². The van der Waals surface area contributed by atoms with Gasteiger partial charge in [0.2, 0.25) is 0 Å². The predicted molar refractivity (Wildman–Crippen MR) is 112 cm³/mol. The number of hydrogen-bond acceptors (Lipinski definition) is 4. The molecule has 0 aliphatic heterocycles. The van der Waals surface area contributed by atoms with Crippen molar-refractivity contribution in [3.63, 3.8) is 0 Å². The third-order valence-corrected chi connectivity index (χ3v) is 5.14. The van der Waals surface area contributed by atoms with Crippen molar-refractivity contribution >= 4 is 11.9 Å². The summed E-state index contributed by atoms with van der Waals surface area (Å²) in [5, 5.41) is 2.98. The molecule has 2 aromatic carbocycles. The smallest absolute Gasteiger partial charge is 0.342 e. The van der Waals surface area contributed by atoms with E-state index in [1.54, 1.807) is 24.3 Å². The molecule has 0 heterocycles. The summed E-state index contributed by atoms with van der Waals surface area (Å²) < 4.78 is 11.1. The van der Waals surface area contributed by atoms with Gasteiger partial charge in [-0.05, 0) is 37.5 Å². The van der Waals surface area contributed by atoms with Crippen molar-refractivity contribution in [1.29, 1.82) is 0 Å². The van der Waals surface area contributed by atoms with Crippen LogP contribution < -0.4 is 10.1 Å². The van der Waals surface area contributed by atoms with Crippen LogP contribution in [0.4, 0.5) is 0 Å². The number of amides is 1. The number of carbonyl (C=O) groups is 2. The van der Waals surface area contributed by atoms with Crippen LogP contribution in [0, 0.1) is 6.92 Å². The number of para-hydroxylation sites is 1. The second kappa shape index (κ2) is 10.6. The summed E-state index contributed by atoms with van der Waals surface area (Å²) in [6.45, 7) is 2.10. The molecule has 5 nitrogen and oxygen atoms in total.